The first-order chi connectivity index (χ1) is 13.2. The quantitative estimate of drug-likeness (QED) is 0.705. The van der Waals surface area contributed by atoms with Crippen LogP contribution in [0.4, 0.5) is 13.2 Å². The zero-order valence-electron chi connectivity index (χ0n) is 14.5. The maximum atomic E-state index is 13.0. The van der Waals surface area contributed by atoms with Gasteiger partial charge in [-0.25, -0.2) is 0 Å². The van der Waals surface area contributed by atoms with Crippen LogP contribution in [0.3, 0.4) is 0 Å². The molecular weight excluding hydrogens is 377 g/mol. The van der Waals surface area contributed by atoms with Crippen molar-refractivity contribution in [2.75, 3.05) is 0 Å². The molecule has 2 aromatic rings. The van der Waals surface area contributed by atoms with Crippen LogP contribution in [0.1, 0.15) is 27.9 Å². The first-order valence-corrected chi connectivity index (χ1v) is 8.14. The predicted molar refractivity (Wildman–Crippen MR) is 92.7 cm³/mol. The van der Waals surface area contributed by atoms with Crippen molar-refractivity contribution in [1.82, 2.24) is 5.32 Å². The molecule has 0 spiro atoms. The zero-order valence-corrected chi connectivity index (χ0v) is 14.5. The number of carbonyl (C=O) groups is 3. The van der Waals surface area contributed by atoms with E-state index in [1.807, 2.05) is 0 Å². The number of alkyl halides is 3. The van der Waals surface area contributed by atoms with E-state index in [1.165, 1.54) is 6.07 Å². The standard InChI is InChI=1S/C19H17F3N2O4/c20-19(21,22)14-9-5-4-8-13(14)18(27)24-15(17(23)26)10-16(25)28-11-12-6-2-1-3-7-12/h1-9,15H,10-11H2,(H2,23,26)(H,24,27)/t15-/m0/s1. The van der Waals surface area contributed by atoms with Gasteiger partial charge in [0, 0.05) is 0 Å². The lowest BCUT2D eigenvalue weighted by Crippen LogP contribution is -2.46. The maximum Gasteiger partial charge on any atom is 0.417 e. The Balaban J connectivity index is 2.04. The predicted octanol–water partition coefficient (Wildman–Crippen LogP) is 2.42. The van der Waals surface area contributed by atoms with Crippen molar-refractivity contribution in [2.24, 2.45) is 5.73 Å². The minimum absolute atomic E-state index is 0.0595. The molecule has 6 nitrogen and oxygen atoms in total. The Kier molecular flexibility index (Phi) is 6.75. The molecule has 3 N–H and O–H groups in total. The van der Waals surface area contributed by atoms with E-state index in [-0.39, 0.29) is 6.61 Å². The number of primary amides is 1. The van der Waals surface area contributed by atoms with Crippen LogP contribution in [0, 0.1) is 0 Å². The largest absolute Gasteiger partial charge is 0.461 e. The van der Waals surface area contributed by atoms with Crippen LogP contribution in [0.5, 0.6) is 0 Å². The van der Waals surface area contributed by atoms with Gasteiger partial charge in [-0.1, -0.05) is 42.5 Å². The van der Waals surface area contributed by atoms with Crippen molar-refractivity contribution in [2.45, 2.75) is 25.2 Å². The van der Waals surface area contributed by atoms with Gasteiger partial charge in [-0.15, -0.1) is 0 Å². The first kappa shape index (κ1) is 20.9. The summed E-state index contributed by atoms with van der Waals surface area (Å²) in [6, 6.07) is 11.3. The number of rotatable bonds is 7. The Morgan fingerprint density at radius 2 is 1.61 bits per heavy atom. The first-order valence-electron chi connectivity index (χ1n) is 8.14. The summed E-state index contributed by atoms with van der Waals surface area (Å²) >= 11 is 0. The molecule has 0 heterocycles. The normalized spacial score (nSPS) is 12.1. The third-order valence-electron chi connectivity index (χ3n) is 3.74. The molecule has 2 aromatic carbocycles. The second-order valence-electron chi connectivity index (χ2n) is 5.82. The van der Waals surface area contributed by atoms with E-state index < -0.39 is 47.5 Å². The number of nitrogens with two attached hydrogens (primary N) is 1. The van der Waals surface area contributed by atoms with Gasteiger partial charge in [0.25, 0.3) is 5.91 Å². The summed E-state index contributed by atoms with van der Waals surface area (Å²) in [4.78, 5) is 35.7. The van der Waals surface area contributed by atoms with Gasteiger partial charge in [0.1, 0.15) is 12.6 Å². The third-order valence-corrected chi connectivity index (χ3v) is 3.74. The van der Waals surface area contributed by atoms with Gasteiger partial charge >= 0.3 is 12.1 Å². The zero-order chi connectivity index (χ0) is 20.7. The van der Waals surface area contributed by atoms with Gasteiger partial charge < -0.3 is 15.8 Å². The summed E-state index contributed by atoms with van der Waals surface area (Å²) in [5.41, 5.74) is 4.02. The summed E-state index contributed by atoms with van der Waals surface area (Å²) in [7, 11) is 0. The Morgan fingerprint density at radius 3 is 2.21 bits per heavy atom. The third kappa shape index (κ3) is 5.83. The fourth-order valence-corrected chi connectivity index (χ4v) is 2.35. The topological polar surface area (TPSA) is 98.5 Å². The molecule has 0 saturated carbocycles. The molecule has 28 heavy (non-hydrogen) atoms. The summed E-state index contributed by atoms with van der Waals surface area (Å²) in [5.74, 6) is -3.08. The Morgan fingerprint density at radius 1 is 1.00 bits per heavy atom. The lowest BCUT2D eigenvalue weighted by Gasteiger charge is -2.17. The van der Waals surface area contributed by atoms with Crippen molar-refractivity contribution < 1.29 is 32.3 Å². The number of carbonyl (C=O) groups excluding carboxylic acids is 3. The van der Waals surface area contributed by atoms with Crippen molar-refractivity contribution >= 4 is 17.8 Å². The molecular formula is C19H17F3N2O4. The number of hydrogen-bond donors (Lipinski definition) is 2. The Bertz CT molecular complexity index is 854. The number of amides is 2. The summed E-state index contributed by atoms with van der Waals surface area (Å²) < 4.78 is 44.1. The van der Waals surface area contributed by atoms with Crippen LogP contribution in [-0.4, -0.2) is 23.8 Å². The summed E-state index contributed by atoms with van der Waals surface area (Å²) in [5, 5.41) is 2.06. The van der Waals surface area contributed by atoms with Crippen LogP contribution >= 0.6 is 0 Å². The highest BCUT2D eigenvalue weighted by Crippen LogP contribution is 2.31. The van der Waals surface area contributed by atoms with E-state index in [0.29, 0.717) is 5.56 Å². The minimum Gasteiger partial charge on any atom is -0.461 e. The molecule has 2 amide bonds. The molecule has 0 saturated heterocycles. The average Bonchev–Trinajstić information content (AvgIpc) is 2.66. The molecule has 0 radical (unpaired) electrons. The van der Waals surface area contributed by atoms with Crippen molar-refractivity contribution in [1.29, 1.82) is 0 Å². The lowest BCUT2D eigenvalue weighted by atomic mass is 10.1. The second-order valence-corrected chi connectivity index (χ2v) is 5.82. The van der Waals surface area contributed by atoms with Gasteiger partial charge in [-0.3, -0.25) is 14.4 Å². The fourth-order valence-electron chi connectivity index (χ4n) is 2.35. The number of benzene rings is 2. The molecule has 0 aromatic heterocycles. The average molecular weight is 394 g/mol. The van der Waals surface area contributed by atoms with Gasteiger partial charge in [-0.2, -0.15) is 13.2 Å². The SMILES string of the molecule is NC(=O)[C@H](CC(=O)OCc1ccccc1)NC(=O)c1ccccc1C(F)(F)F. The molecule has 9 heteroatoms. The van der Waals surface area contributed by atoms with Crippen molar-refractivity contribution in [3.8, 4) is 0 Å². The van der Waals surface area contributed by atoms with E-state index in [4.69, 9.17) is 10.5 Å². The van der Waals surface area contributed by atoms with Crippen LogP contribution in [-0.2, 0) is 27.1 Å². The van der Waals surface area contributed by atoms with Crippen LogP contribution < -0.4 is 11.1 Å². The second kappa shape index (κ2) is 9.03. The molecule has 0 aliphatic carbocycles. The fraction of sp³-hybridized carbons (Fsp3) is 0.211. The number of hydrogen-bond acceptors (Lipinski definition) is 4. The Labute approximate surface area is 158 Å². The molecule has 0 fully saturated rings. The van der Waals surface area contributed by atoms with E-state index in [0.717, 1.165) is 18.2 Å². The molecule has 0 unspecified atom stereocenters. The minimum atomic E-state index is -4.76. The molecule has 0 bridgehead atoms. The number of nitrogens with one attached hydrogen (secondary N) is 1. The number of esters is 1. The van der Waals surface area contributed by atoms with Gasteiger partial charge in [-0.05, 0) is 17.7 Å². The van der Waals surface area contributed by atoms with Gasteiger partial charge in [0.15, 0.2) is 0 Å². The molecule has 1 atom stereocenters. The summed E-state index contributed by atoms with van der Waals surface area (Å²) in [6.45, 7) is -0.0595. The smallest absolute Gasteiger partial charge is 0.417 e. The van der Waals surface area contributed by atoms with E-state index in [9.17, 15) is 27.6 Å². The highest BCUT2D eigenvalue weighted by Gasteiger charge is 2.35. The van der Waals surface area contributed by atoms with E-state index in [1.54, 1.807) is 30.3 Å². The molecule has 0 aliphatic heterocycles. The van der Waals surface area contributed by atoms with Crippen molar-refractivity contribution in [3.63, 3.8) is 0 Å². The van der Waals surface area contributed by atoms with E-state index in [2.05, 4.69) is 5.32 Å². The molecule has 2 rings (SSSR count). The van der Waals surface area contributed by atoms with Gasteiger partial charge in [0.05, 0.1) is 17.5 Å². The monoisotopic (exact) mass is 394 g/mol. The van der Waals surface area contributed by atoms with Crippen LogP contribution in [0.2, 0.25) is 0 Å². The Hall–Kier alpha value is -3.36. The van der Waals surface area contributed by atoms with Crippen molar-refractivity contribution in [3.05, 3.63) is 71.3 Å². The summed E-state index contributed by atoms with van der Waals surface area (Å²) in [6.07, 6.45) is -5.37. The molecule has 0 aliphatic rings. The maximum absolute atomic E-state index is 13.0. The van der Waals surface area contributed by atoms with Crippen LogP contribution in [0.15, 0.2) is 54.6 Å². The van der Waals surface area contributed by atoms with E-state index >= 15 is 0 Å². The van der Waals surface area contributed by atoms with Gasteiger partial charge in [0.2, 0.25) is 5.91 Å². The lowest BCUT2D eigenvalue weighted by molar-refractivity contribution is -0.146. The van der Waals surface area contributed by atoms with Crippen LogP contribution in [0.25, 0.3) is 0 Å². The number of ether oxygens (including phenoxy) is 1. The highest BCUT2D eigenvalue weighted by atomic mass is 19.4. The molecule has 148 valence electrons. The number of halogens is 3. The highest BCUT2D eigenvalue weighted by molar-refractivity contribution is 5.99.